The van der Waals surface area contributed by atoms with Gasteiger partial charge in [-0.3, -0.25) is 0 Å². The fourth-order valence-electron chi connectivity index (χ4n) is 2.25. The van der Waals surface area contributed by atoms with Crippen LogP contribution in [-0.2, 0) is 22.2 Å². The fourth-order valence-corrected chi connectivity index (χ4v) is 4.07. The maximum Gasteiger partial charge on any atom is 0.441 e. The Bertz CT molecular complexity index is 707. The Morgan fingerprint density at radius 3 is 2.87 bits per heavy atom. The highest BCUT2D eigenvalue weighted by Crippen LogP contribution is 2.23. The van der Waals surface area contributed by atoms with E-state index >= 15 is 0 Å². The highest BCUT2D eigenvalue weighted by atomic mass is 35.5. The van der Waals surface area contributed by atoms with Gasteiger partial charge in [0.25, 0.3) is 0 Å². The first-order chi connectivity index (χ1) is 11.2. The first kappa shape index (κ1) is 16.0. The van der Waals surface area contributed by atoms with Crippen LogP contribution in [0.15, 0.2) is 53.0 Å². The third kappa shape index (κ3) is 4.30. The van der Waals surface area contributed by atoms with Crippen LogP contribution in [-0.4, -0.2) is 23.4 Å². The number of anilines is 1. The zero-order chi connectivity index (χ0) is 16.1. The summed E-state index contributed by atoms with van der Waals surface area (Å²) < 4.78 is 11.5. The smallest absolute Gasteiger partial charge is 0.441 e. The molecule has 1 aliphatic rings. The minimum atomic E-state index is -0.522. The number of aromatic nitrogens is 1. The number of rotatable bonds is 3. The Morgan fingerprint density at radius 1 is 1.30 bits per heavy atom. The second-order valence-corrected chi connectivity index (χ2v) is 7.07. The number of ether oxygens (including phenoxy) is 1. The van der Waals surface area contributed by atoms with E-state index in [-0.39, 0.29) is 6.61 Å². The van der Waals surface area contributed by atoms with Crippen LogP contribution in [0.1, 0.15) is 12.0 Å². The summed E-state index contributed by atoms with van der Waals surface area (Å²) in [6.45, 7) is 1.09. The number of pyridine rings is 1. The van der Waals surface area contributed by atoms with Crippen molar-refractivity contribution in [3.63, 3.8) is 0 Å². The lowest BCUT2D eigenvalue weighted by Crippen LogP contribution is -2.20. The summed E-state index contributed by atoms with van der Waals surface area (Å²) in [6, 6.07) is 13.2. The number of benzene rings is 1. The van der Waals surface area contributed by atoms with Gasteiger partial charge in [0.2, 0.25) is 0 Å². The average molecular weight is 350 g/mol. The van der Waals surface area contributed by atoms with Gasteiger partial charge in [0, 0.05) is 23.2 Å². The molecule has 3 rings (SSSR count). The molecule has 1 atom stereocenters. The summed E-state index contributed by atoms with van der Waals surface area (Å²) in [4.78, 5) is 16.0. The van der Waals surface area contributed by atoms with Crippen molar-refractivity contribution in [1.82, 2.24) is 4.98 Å². The maximum atomic E-state index is 12.0. The van der Waals surface area contributed by atoms with Gasteiger partial charge in [0.1, 0.15) is 11.8 Å². The van der Waals surface area contributed by atoms with Crippen LogP contribution < -0.4 is 4.31 Å². The van der Waals surface area contributed by atoms with Crippen LogP contribution >= 0.6 is 11.6 Å². The van der Waals surface area contributed by atoms with Gasteiger partial charge < -0.3 is 9.04 Å². The third-order valence-electron chi connectivity index (χ3n) is 3.33. The van der Waals surface area contributed by atoms with E-state index in [1.54, 1.807) is 12.3 Å². The Labute approximate surface area is 142 Å². The summed E-state index contributed by atoms with van der Waals surface area (Å²) in [5, 5.41) is 0.451. The average Bonchev–Trinajstić information content (AvgIpc) is 3.03. The minimum absolute atomic E-state index is 0.239. The lowest BCUT2D eigenvalue weighted by atomic mass is 10.2. The number of carbonyl (C=O) groups excluding carboxylic acids is 1. The highest BCUT2D eigenvalue weighted by Gasteiger charge is 2.20. The topological polar surface area (TPSA) is 54.8 Å². The predicted octanol–water partition coefficient (Wildman–Crippen LogP) is 4.00. The molecule has 0 radical (unpaired) electrons. The Hall–Kier alpha value is -1.92. The van der Waals surface area contributed by atoms with Crippen LogP contribution in [0.3, 0.4) is 0 Å². The molecule has 1 aromatic heterocycles. The molecule has 1 fully saturated rings. The molecule has 0 bridgehead atoms. The molecule has 0 aliphatic carbocycles. The van der Waals surface area contributed by atoms with Gasteiger partial charge in [0.15, 0.2) is 0 Å². The molecule has 1 aliphatic heterocycles. The van der Waals surface area contributed by atoms with E-state index in [0.29, 0.717) is 5.15 Å². The van der Waals surface area contributed by atoms with Crippen molar-refractivity contribution < 1.29 is 9.53 Å². The molecular weight excluding hydrogens is 334 g/mol. The van der Waals surface area contributed by atoms with Crippen molar-refractivity contribution in [3.8, 4) is 0 Å². The zero-order valence-electron chi connectivity index (χ0n) is 12.4. The standard InChI is InChI=1S/C16H16ClN3O2S/c17-15-8-7-14(11-18-15)20-9-4-10-23(20)19-16(21)22-12-13-5-2-1-3-6-13/h1-3,5-8,11H,4,9-10,12H2. The van der Waals surface area contributed by atoms with E-state index in [4.69, 9.17) is 16.3 Å². The van der Waals surface area contributed by atoms with Crippen molar-refractivity contribution in [3.05, 3.63) is 59.4 Å². The van der Waals surface area contributed by atoms with Crippen molar-refractivity contribution in [2.75, 3.05) is 16.6 Å². The SMILES string of the molecule is O=C(/N=S1\CCCN1c1ccc(Cl)nc1)OCc1ccccc1. The molecule has 0 saturated carbocycles. The van der Waals surface area contributed by atoms with Gasteiger partial charge in [-0.05, 0) is 24.1 Å². The lowest BCUT2D eigenvalue weighted by molar-refractivity contribution is 0.151. The molecule has 2 aromatic rings. The largest absolute Gasteiger partial charge is 0.443 e. The molecule has 1 saturated heterocycles. The molecule has 120 valence electrons. The predicted molar refractivity (Wildman–Crippen MR) is 92.5 cm³/mol. The second kappa shape index (κ2) is 7.57. The van der Waals surface area contributed by atoms with E-state index in [1.165, 1.54) is 0 Å². The summed E-state index contributed by atoms with van der Waals surface area (Å²) in [5.41, 5.74) is 1.87. The van der Waals surface area contributed by atoms with Crippen LogP contribution in [0.5, 0.6) is 0 Å². The van der Waals surface area contributed by atoms with Crippen molar-refractivity contribution in [1.29, 1.82) is 0 Å². The number of carbonyl (C=O) groups is 1. The first-order valence-corrected chi connectivity index (χ1v) is 8.93. The molecule has 0 N–H and O–H groups in total. The van der Waals surface area contributed by atoms with Crippen LogP contribution in [0, 0.1) is 0 Å². The number of halogens is 1. The zero-order valence-corrected chi connectivity index (χ0v) is 14.0. The van der Waals surface area contributed by atoms with Crippen LogP contribution in [0.2, 0.25) is 5.15 Å². The molecular formula is C16H16ClN3O2S. The highest BCUT2D eigenvalue weighted by molar-refractivity contribution is 7.89. The van der Waals surface area contributed by atoms with E-state index < -0.39 is 17.0 Å². The molecule has 1 amide bonds. The maximum absolute atomic E-state index is 12.0. The molecule has 5 nitrogen and oxygen atoms in total. The summed E-state index contributed by atoms with van der Waals surface area (Å²) in [6.07, 6.45) is 2.17. The van der Waals surface area contributed by atoms with Crippen LogP contribution in [0.4, 0.5) is 10.5 Å². The van der Waals surface area contributed by atoms with Gasteiger partial charge >= 0.3 is 6.09 Å². The monoisotopic (exact) mass is 349 g/mol. The van der Waals surface area contributed by atoms with E-state index in [9.17, 15) is 4.79 Å². The van der Waals surface area contributed by atoms with E-state index in [2.05, 4.69) is 13.7 Å². The Kier molecular flexibility index (Phi) is 5.25. The number of amides is 1. The van der Waals surface area contributed by atoms with Gasteiger partial charge in [-0.15, -0.1) is 4.36 Å². The second-order valence-electron chi connectivity index (χ2n) is 4.97. The van der Waals surface area contributed by atoms with E-state index in [1.807, 2.05) is 36.4 Å². The van der Waals surface area contributed by atoms with Gasteiger partial charge in [-0.2, -0.15) is 0 Å². The normalized spacial score (nSPS) is 17.4. The summed E-state index contributed by atoms with van der Waals surface area (Å²) >= 11 is 5.81. The number of hydrogen-bond acceptors (Lipinski definition) is 3. The van der Waals surface area contributed by atoms with Gasteiger partial charge in [-0.1, -0.05) is 41.9 Å². The minimum Gasteiger partial charge on any atom is -0.443 e. The number of hydrogen-bond donors (Lipinski definition) is 0. The van der Waals surface area contributed by atoms with E-state index in [0.717, 1.165) is 30.0 Å². The van der Waals surface area contributed by atoms with Crippen LogP contribution in [0.25, 0.3) is 0 Å². The van der Waals surface area contributed by atoms with Gasteiger partial charge in [-0.25, -0.2) is 9.78 Å². The Morgan fingerprint density at radius 2 is 2.13 bits per heavy atom. The quantitative estimate of drug-likeness (QED) is 0.786. The molecule has 1 unspecified atom stereocenters. The van der Waals surface area contributed by atoms with Crippen molar-refractivity contribution in [2.45, 2.75) is 13.0 Å². The molecule has 7 heteroatoms. The fraction of sp³-hybridized carbons (Fsp3) is 0.250. The Balaban J connectivity index is 1.65. The number of nitrogens with zero attached hydrogens (tertiary/aromatic N) is 3. The molecule has 2 heterocycles. The van der Waals surface area contributed by atoms with Crippen molar-refractivity contribution in [2.24, 2.45) is 4.36 Å². The van der Waals surface area contributed by atoms with Gasteiger partial charge in [0.05, 0.1) is 11.9 Å². The summed E-state index contributed by atoms with van der Waals surface area (Å²) in [5.74, 6) is 0.850. The molecule has 1 aromatic carbocycles. The van der Waals surface area contributed by atoms with Crippen molar-refractivity contribution >= 4 is 34.3 Å². The third-order valence-corrected chi connectivity index (χ3v) is 5.47. The lowest BCUT2D eigenvalue weighted by Gasteiger charge is -2.18. The molecule has 23 heavy (non-hydrogen) atoms. The first-order valence-electron chi connectivity index (χ1n) is 7.25. The molecule has 0 spiro atoms. The summed E-state index contributed by atoms with van der Waals surface area (Å²) in [7, 11) is -0.510.